The quantitative estimate of drug-likeness (QED) is 0.772. The Hall–Kier alpha value is -0.745. The van der Waals surface area contributed by atoms with Gasteiger partial charge in [0.25, 0.3) is 0 Å². The molecule has 0 unspecified atom stereocenters. The molecule has 23 heavy (non-hydrogen) atoms. The molecule has 0 N–H and O–H groups in total. The van der Waals surface area contributed by atoms with Gasteiger partial charge in [0, 0.05) is 6.54 Å². The molecular formula is C17H27BClNO3. The third-order valence-electron chi connectivity index (χ3n) is 4.70. The summed E-state index contributed by atoms with van der Waals surface area (Å²) < 4.78 is 18.0. The Labute approximate surface area is 145 Å². The molecule has 0 radical (unpaired) electrons. The van der Waals surface area contributed by atoms with Crippen molar-refractivity contribution in [3.8, 4) is 5.75 Å². The molecule has 0 saturated carbocycles. The van der Waals surface area contributed by atoms with Crippen molar-refractivity contribution in [3.63, 3.8) is 0 Å². The van der Waals surface area contributed by atoms with Crippen molar-refractivity contribution >= 4 is 24.2 Å². The maximum absolute atomic E-state index is 6.48. The lowest BCUT2D eigenvalue weighted by Gasteiger charge is -2.32. The van der Waals surface area contributed by atoms with E-state index in [1.165, 1.54) is 0 Å². The Balaban J connectivity index is 2.18. The first kappa shape index (κ1) is 18.6. The first-order valence-corrected chi connectivity index (χ1v) is 8.35. The number of ether oxygens (including phenoxy) is 1. The van der Waals surface area contributed by atoms with E-state index in [2.05, 4.69) is 4.90 Å². The van der Waals surface area contributed by atoms with Crippen LogP contribution in [-0.4, -0.2) is 50.5 Å². The highest BCUT2D eigenvalue weighted by atomic mass is 35.5. The summed E-state index contributed by atoms with van der Waals surface area (Å²) in [6.45, 7) is 11.6. The molecule has 0 amide bonds. The van der Waals surface area contributed by atoms with Gasteiger partial charge in [0.05, 0.1) is 16.2 Å². The van der Waals surface area contributed by atoms with Crippen LogP contribution >= 0.6 is 11.6 Å². The third-order valence-corrected chi connectivity index (χ3v) is 5.17. The van der Waals surface area contributed by atoms with E-state index in [0.717, 1.165) is 17.6 Å². The van der Waals surface area contributed by atoms with Crippen LogP contribution in [-0.2, 0) is 9.31 Å². The number of rotatable bonds is 5. The summed E-state index contributed by atoms with van der Waals surface area (Å²) in [7, 11) is 3.61. The molecule has 0 spiro atoms. The fourth-order valence-corrected chi connectivity index (χ4v) is 2.58. The zero-order chi connectivity index (χ0) is 17.4. The lowest BCUT2D eigenvalue weighted by Crippen LogP contribution is -2.41. The van der Waals surface area contributed by atoms with Crippen LogP contribution in [0.5, 0.6) is 5.75 Å². The van der Waals surface area contributed by atoms with Gasteiger partial charge in [-0.1, -0.05) is 17.7 Å². The first-order chi connectivity index (χ1) is 10.5. The number of hydrogen-bond acceptors (Lipinski definition) is 4. The van der Waals surface area contributed by atoms with Crippen molar-refractivity contribution in [1.29, 1.82) is 0 Å². The van der Waals surface area contributed by atoms with Crippen molar-refractivity contribution < 1.29 is 14.0 Å². The molecule has 128 valence electrons. The molecule has 4 nitrogen and oxygen atoms in total. The predicted molar refractivity (Wildman–Crippen MR) is 96.0 cm³/mol. The molecule has 1 aliphatic heterocycles. The summed E-state index contributed by atoms with van der Waals surface area (Å²) in [6.07, 6.45) is 0. The molecular weight excluding hydrogens is 312 g/mol. The van der Waals surface area contributed by atoms with Crippen molar-refractivity contribution in [3.05, 3.63) is 22.7 Å². The summed E-state index contributed by atoms with van der Waals surface area (Å²) in [4.78, 5) is 2.07. The zero-order valence-electron chi connectivity index (χ0n) is 15.2. The molecule has 0 aromatic heterocycles. The second-order valence-electron chi connectivity index (χ2n) is 7.33. The van der Waals surface area contributed by atoms with E-state index >= 15 is 0 Å². The Morgan fingerprint density at radius 2 is 1.70 bits per heavy atom. The monoisotopic (exact) mass is 339 g/mol. The van der Waals surface area contributed by atoms with Crippen molar-refractivity contribution in [1.82, 2.24) is 4.90 Å². The number of nitrogens with zero attached hydrogens (tertiary/aromatic N) is 1. The van der Waals surface area contributed by atoms with Crippen LogP contribution in [0, 0.1) is 6.92 Å². The van der Waals surface area contributed by atoms with Gasteiger partial charge in [-0.05, 0) is 65.8 Å². The van der Waals surface area contributed by atoms with Gasteiger partial charge >= 0.3 is 7.12 Å². The van der Waals surface area contributed by atoms with E-state index in [-0.39, 0.29) is 11.2 Å². The molecule has 6 heteroatoms. The topological polar surface area (TPSA) is 30.9 Å². The highest BCUT2D eigenvalue weighted by molar-refractivity contribution is 6.63. The van der Waals surface area contributed by atoms with Crippen LogP contribution in [0.15, 0.2) is 12.1 Å². The SMILES string of the molecule is Cc1c(B2OC(C)(C)C(C)(C)O2)ccc(OCCN(C)C)c1Cl. The van der Waals surface area contributed by atoms with Gasteiger partial charge in [0.2, 0.25) is 0 Å². The highest BCUT2D eigenvalue weighted by Gasteiger charge is 2.52. The predicted octanol–water partition coefficient (Wildman–Crippen LogP) is 2.89. The third kappa shape index (κ3) is 3.85. The highest BCUT2D eigenvalue weighted by Crippen LogP contribution is 2.37. The van der Waals surface area contributed by atoms with E-state index in [1.807, 2.05) is 60.8 Å². The van der Waals surface area contributed by atoms with Gasteiger partial charge in [-0.25, -0.2) is 0 Å². The van der Waals surface area contributed by atoms with Crippen molar-refractivity contribution in [2.24, 2.45) is 0 Å². The van der Waals surface area contributed by atoms with E-state index in [9.17, 15) is 0 Å². The smallest absolute Gasteiger partial charge is 0.491 e. The summed E-state index contributed by atoms with van der Waals surface area (Å²) in [5.41, 5.74) is 1.16. The minimum Gasteiger partial charge on any atom is -0.491 e. The second-order valence-corrected chi connectivity index (χ2v) is 7.71. The minimum absolute atomic E-state index is 0.364. The van der Waals surface area contributed by atoms with Gasteiger partial charge < -0.3 is 18.9 Å². The normalized spacial score (nSPS) is 19.4. The Bertz CT molecular complexity index is 559. The number of hydrogen-bond donors (Lipinski definition) is 0. The van der Waals surface area contributed by atoms with Crippen LogP contribution in [0.4, 0.5) is 0 Å². The van der Waals surface area contributed by atoms with Crippen LogP contribution in [0.1, 0.15) is 33.3 Å². The number of likely N-dealkylation sites (N-methyl/N-ethyl adjacent to an activating group) is 1. The standard InChI is InChI=1S/C17H27BClNO3/c1-12-13(18-22-16(2,3)17(4,5)23-18)8-9-14(15(12)19)21-11-10-20(6)7/h8-9H,10-11H2,1-7H3. The summed E-state index contributed by atoms with van der Waals surface area (Å²) in [5, 5.41) is 0.621. The second kappa shape index (κ2) is 6.63. The molecule has 0 bridgehead atoms. The molecule has 0 atom stereocenters. The zero-order valence-corrected chi connectivity index (χ0v) is 16.0. The molecule has 1 aliphatic rings. The van der Waals surface area contributed by atoms with E-state index < -0.39 is 7.12 Å². The van der Waals surface area contributed by atoms with Gasteiger partial charge in [-0.15, -0.1) is 0 Å². The molecule has 1 aromatic carbocycles. The minimum atomic E-state index is -0.409. The molecule has 0 aliphatic carbocycles. The molecule has 1 fully saturated rings. The maximum Gasteiger partial charge on any atom is 0.495 e. The number of benzene rings is 1. The van der Waals surface area contributed by atoms with Crippen LogP contribution in [0.3, 0.4) is 0 Å². The molecule has 2 rings (SSSR count). The number of halogens is 1. The van der Waals surface area contributed by atoms with Crippen molar-refractivity contribution in [2.45, 2.75) is 45.8 Å². The molecule has 1 heterocycles. The Kier molecular flexibility index (Phi) is 5.36. The Morgan fingerprint density at radius 3 is 2.22 bits per heavy atom. The van der Waals surface area contributed by atoms with Crippen LogP contribution in [0.2, 0.25) is 5.02 Å². The van der Waals surface area contributed by atoms with E-state index in [0.29, 0.717) is 17.4 Å². The van der Waals surface area contributed by atoms with Gasteiger partial charge in [-0.2, -0.15) is 0 Å². The van der Waals surface area contributed by atoms with Gasteiger partial charge in [-0.3, -0.25) is 0 Å². The molecule has 1 saturated heterocycles. The lowest BCUT2D eigenvalue weighted by atomic mass is 9.76. The Morgan fingerprint density at radius 1 is 1.13 bits per heavy atom. The fraction of sp³-hybridized carbons (Fsp3) is 0.647. The summed E-state index contributed by atoms with van der Waals surface area (Å²) >= 11 is 6.48. The van der Waals surface area contributed by atoms with Crippen LogP contribution < -0.4 is 10.2 Å². The summed E-state index contributed by atoms with van der Waals surface area (Å²) in [5.74, 6) is 0.700. The first-order valence-electron chi connectivity index (χ1n) is 7.97. The largest absolute Gasteiger partial charge is 0.495 e. The van der Waals surface area contributed by atoms with E-state index in [4.69, 9.17) is 25.6 Å². The van der Waals surface area contributed by atoms with Gasteiger partial charge in [0.1, 0.15) is 12.4 Å². The lowest BCUT2D eigenvalue weighted by molar-refractivity contribution is 0.00578. The van der Waals surface area contributed by atoms with Gasteiger partial charge in [0.15, 0.2) is 0 Å². The maximum atomic E-state index is 6.48. The van der Waals surface area contributed by atoms with Crippen molar-refractivity contribution in [2.75, 3.05) is 27.2 Å². The average Bonchev–Trinajstić information content (AvgIpc) is 2.63. The van der Waals surface area contributed by atoms with E-state index in [1.54, 1.807) is 0 Å². The van der Waals surface area contributed by atoms with Crippen LogP contribution in [0.25, 0.3) is 0 Å². The average molecular weight is 340 g/mol. The molecule has 1 aromatic rings. The summed E-state index contributed by atoms with van der Waals surface area (Å²) in [6, 6.07) is 3.87. The fourth-order valence-electron chi connectivity index (χ4n) is 2.35.